The van der Waals surface area contributed by atoms with E-state index in [1.807, 2.05) is 0 Å². The lowest BCUT2D eigenvalue weighted by atomic mass is 10.4. The molecular weight excluding hydrogens is 320 g/mol. The molecule has 0 saturated heterocycles. The summed E-state index contributed by atoms with van der Waals surface area (Å²) in [6, 6.07) is 4.57. The number of hydrogen-bond donors (Lipinski definition) is 2. The first kappa shape index (κ1) is 12.8. The molecular formula is C10H9BrN4O2S. The Balaban J connectivity index is 2.40. The zero-order chi connectivity index (χ0) is 13.2. The zero-order valence-corrected chi connectivity index (χ0v) is 11.4. The summed E-state index contributed by atoms with van der Waals surface area (Å²) in [6.07, 6.45) is 4.33. The van der Waals surface area contributed by atoms with E-state index >= 15 is 0 Å². The summed E-state index contributed by atoms with van der Waals surface area (Å²) >= 11 is 3.20. The lowest BCUT2D eigenvalue weighted by molar-refractivity contribution is 0.598. The molecule has 0 atom stereocenters. The van der Waals surface area contributed by atoms with E-state index in [0.29, 0.717) is 10.2 Å². The molecule has 0 aliphatic rings. The quantitative estimate of drug-likeness (QED) is 0.892. The number of sulfonamides is 1. The van der Waals surface area contributed by atoms with E-state index in [1.165, 1.54) is 30.7 Å². The summed E-state index contributed by atoms with van der Waals surface area (Å²) in [5.41, 5.74) is 6.06. The van der Waals surface area contributed by atoms with Crippen LogP contribution in [-0.2, 0) is 10.0 Å². The van der Waals surface area contributed by atoms with Crippen LogP contribution in [0.2, 0.25) is 0 Å². The summed E-state index contributed by atoms with van der Waals surface area (Å²) in [5, 5.41) is -0.200. The molecule has 2 aromatic rings. The van der Waals surface area contributed by atoms with Gasteiger partial charge in [-0.05, 0) is 34.1 Å². The van der Waals surface area contributed by atoms with Gasteiger partial charge in [-0.15, -0.1) is 0 Å². The van der Waals surface area contributed by atoms with Crippen LogP contribution in [0.15, 0.2) is 46.3 Å². The molecule has 0 unspecified atom stereocenters. The van der Waals surface area contributed by atoms with Crippen LogP contribution in [0, 0.1) is 0 Å². The van der Waals surface area contributed by atoms with Crippen LogP contribution in [0.5, 0.6) is 0 Å². The number of nitrogens with zero attached hydrogens (tertiary/aromatic N) is 2. The molecule has 0 fully saturated rings. The van der Waals surface area contributed by atoms with Gasteiger partial charge in [-0.1, -0.05) is 0 Å². The lowest BCUT2D eigenvalue weighted by Crippen LogP contribution is -2.16. The second-order valence-corrected chi connectivity index (χ2v) is 5.81. The minimum absolute atomic E-state index is 0.0928. The van der Waals surface area contributed by atoms with Crippen molar-refractivity contribution >= 4 is 37.3 Å². The SMILES string of the molecule is Nc1cccnc1S(=O)(=O)Nc1ccncc1Br. The molecule has 2 rings (SSSR count). The van der Waals surface area contributed by atoms with Gasteiger partial charge in [-0.2, -0.15) is 8.42 Å². The van der Waals surface area contributed by atoms with E-state index in [0.717, 1.165) is 0 Å². The third kappa shape index (κ3) is 2.59. The van der Waals surface area contributed by atoms with Crippen LogP contribution in [-0.4, -0.2) is 18.4 Å². The Bertz CT molecular complexity index is 675. The van der Waals surface area contributed by atoms with Gasteiger partial charge in [0, 0.05) is 18.6 Å². The van der Waals surface area contributed by atoms with Gasteiger partial charge in [0.25, 0.3) is 10.0 Å². The highest BCUT2D eigenvalue weighted by molar-refractivity contribution is 9.10. The van der Waals surface area contributed by atoms with Gasteiger partial charge in [0.15, 0.2) is 5.03 Å². The number of rotatable bonds is 3. The van der Waals surface area contributed by atoms with E-state index in [9.17, 15) is 8.42 Å². The highest BCUT2D eigenvalue weighted by Crippen LogP contribution is 2.24. The molecule has 0 aromatic carbocycles. The van der Waals surface area contributed by atoms with Crippen LogP contribution >= 0.6 is 15.9 Å². The molecule has 2 heterocycles. The Labute approximate surface area is 112 Å². The maximum Gasteiger partial charge on any atom is 0.281 e. The Hall–Kier alpha value is -1.67. The molecule has 0 radical (unpaired) electrons. The average Bonchev–Trinajstić information content (AvgIpc) is 2.32. The largest absolute Gasteiger partial charge is 0.396 e. The molecule has 8 heteroatoms. The molecule has 94 valence electrons. The van der Waals surface area contributed by atoms with E-state index in [-0.39, 0.29) is 10.7 Å². The predicted octanol–water partition coefficient (Wildman–Crippen LogP) is 1.62. The van der Waals surface area contributed by atoms with Crippen molar-refractivity contribution in [3.05, 3.63) is 41.3 Å². The molecule has 0 aliphatic heterocycles. The number of anilines is 2. The maximum absolute atomic E-state index is 12.1. The molecule has 2 aromatic heterocycles. The molecule has 3 N–H and O–H groups in total. The fourth-order valence-corrected chi connectivity index (χ4v) is 2.90. The van der Waals surface area contributed by atoms with Crippen molar-refractivity contribution in [2.24, 2.45) is 0 Å². The molecule has 6 nitrogen and oxygen atoms in total. The standard InChI is InChI=1S/C10H9BrN4O2S/c11-7-6-13-5-3-9(7)15-18(16,17)10-8(12)2-1-4-14-10/h1-6H,12H2,(H,13,15). The summed E-state index contributed by atoms with van der Waals surface area (Å²) in [6.45, 7) is 0. The van der Waals surface area contributed by atoms with Crippen molar-refractivity contribution in [2.45, 2.75) is 5.03 Å². The summed E-state index contributed by atoms with van der Waals surface area (Å²) in [7, 11) is -3.81. The van der Waals surface area contributed by atoms with Crippen molar-refractivity contribution in [1.29, 1.82) is 0 Å². The fraction of sp³-hybridized carbons (Fsp3) is 0. The Morgan fingerprint density at radius 1 is 1.28 bits per heavy atom. The van der Waals surface area contributed by atoms with Crippen LogP contribution in [0.4, 0.5) is 11.4 Å². The predicted molar refractivity (Wildman–Crippen MR) is 71.4 cm³/mol. The van der Waals surface area contributed by atoms with Gasteiger partial charge >= 0.3 is 0 Å². The van der Waals surface area contributed by atoms with Crippen molar-refractivity contribution < 1.29 is 8.42 Å². The first-order valence-corrected chi connectivity index (χ1v) is 7.11. The Kier molecular flexibility index (Phi) is 3.48. The Morgan fingerprint density at radius 2 is 2.06 bits per heavy atom. The third-order valence-corrected chi connectivity index (χ3v) is 4.04. The van der Waals surface area contributed by atoms with Crippen LogP contribution < -0.4 is 10.5 Å². The summed E-state index contributed by atoms with van der Waals surface area (Å²) < 4.78 is 27.1. The molecule has 18 heavy (non-hydrogen) atoms. The van der Waals surface area contributed by atoms with Gasteiger partial charge in [0.2, 0.25) is 0 Å². The number of pyridine rings is 2. The van der Waals surface area contributed by atoms with Gasteiger partial charge < -0.3 is 5.73 Å². The van der Waals surface area contributed by atoms with Crippen LogP contribution in [0.25, 0.3) is 0 Å². The molecule has 0 amide bonds. The molecule has 0 bridgehead atoms. The summed E-state index contributed by atoms with van der Waals surface area (Å²) in [5.74, 6) is 0. The highest BCUT2D eigenvalue weighted by atomic mass is 79.9. The number of nitrogens with one attached hydrogen (secondary N) is 1. The fourth-order valence-electron chi connectivity index (χ4n) is 1.28. The van der Waals surface area contributed by atoms with Gasteiger partial charge in [0.1, 0.15) is 0 Å². The number of halogens is 1. The minimum atomic E-state index is -3.81. The number of nitrogens with two attached hydrogens (primary N) is 1. The number of hydrogen-bond acceptors (Lipinski definition) is 5. The second-order valence-electron chi connectivity index (χ2n) is 3.36. The van der Waals surface area contributed by atoms with E-state index in [2.05, 4.69) is 30.6 Å². The normalized spacial score (nSPS) is 11.2. The average molecular weight is 329 g/mol. The first-order valence-electron chi connectivity index (χ1n) is 4.83. The lowest BCUT2D eigenvalue weighted by Gasteiger charge is -2.09. The monoisotopic (exact) mass is 328 g/mol. The van der Waals surface area contributed by atoms with Crippen molar-refractivity contribution in [3.63, 3.8) is 0 Å². The topological polar surface area (TPSA) is 98.0 Å². The van der Waals surface area contributed by atoms with Crippen LogP contribution in [0.3, 0.4) is 0 Å². The molecule has 0 aliphatic carbocycles. The molecule has 0 spiro atoms. The number of nitrogen functional groups attached to an aromatic ring is 1. The van der Waals surface area contributed by atoms with Crippen LogP contribution in [0.1, 0.15) is 0 Å². The van der Waals surface area contributed by atoms with Gasteiger partial charge in [-0.3, -0.25) is 9.71 Å². The van der Waals surface area contributed by atoms with Crippen molar-refractivity contribution in [1.82, 2.24) is 9.97 Å². The molecule has 0 saturated carbocycles. The van der Waals surface area contributed by atoms with Gasteiger partial charge in [-0.25, -0.2) is 4.98 Å². The smallest absolute Gasteiger partial charge is 0.281 e. The summed E-state index contributed by atoms with van der Waals surface area (Å²) in [4.78, 5) is 7.61. The zero-order valence-electron chi connectivity index (χ0n) is 9.04. The maximum atomic E-state index is 12.1. The van der Waals surface area contributed by atoms with Gasteiger partial charge in [0.05, 0.1) is 15.8 Å². The van der Waals surface area contributed by atoms with E-state index < -0.39 is 10.0 Å². The van der Waals surface area contributed by atoms with Crippen molar-refractivity contribution in [3.8, 4) is 0 Å². The first-order chi connectivity index (χ1) is 8.50. The number of aromatic nitrogens is 2. The van der Waals surface area contributed by atoms with E-state index in [1.54, 1.807) is 6.07 Å². The highest BCUT2D eigenvalue weighted by Gasteiger charge is 2.19. The minimum Gasteiger partial charge on any atom is -0.396 e. The third-order valence-electron chi connectivity index (χ3n) is 2.07. The van der Waals surface area contributed by atoms with Crippen molar-refractivity contribution in [2.75, 3.05) is 10.5 Å². The Morgan fingerprint density at radius 3 is 2.72 bits per heavy atom. The second kappa shape index (κ2) is 4.91. The van der Waals surface area contributed by atoms with E-state index in [4.69, 9.17) is 5.73 Å².